The molecular formula is C23H24N6O. The molecule has 0 amide bonds. The van der Waals surface area contributed by atoms with Crippen molar-refractivity contribution in [2.45, 2.75) is 40.0 Å². The molecule has 0 saturated carbocycles. The topological polar surface area (TPSA) is 83.8 Å². The van der Waals surface area contributed by atoms with Gasteiger partial charge in [0.05, 0.1) is 18.4 Å². The first-order valence-electron chi connectivity index (χ1n) is 10.1. The molecule has 0 radical (unpaired) electrons. The zero-order valence-corrected chi connectivity index (χ0v) is 17.3. The second kappa shape index (κ2) is 7.02. The summed E-state index contributed by atoms with van der Waals surface area (Å²) in [5.74, 6) is 1.86. The number of anilines is 1. The third kappa shape index (κ3) is 2.94. The fourth-order valence-electron chi connectivity index (χ4n) is 4.13. The Morgan fingerprint density at radius 1 is 1.20 bits per heavy atom. The van der Waals surface area contributed by atoms with Gasteiger partial charge in [-0.3, -0.25) is 4.68 Å². The van der Waals surface area contributed by atoms with E-state index in [1.165, 1.54) is 5.56 Å². The Morgan fingerprint density at radius 3 is 2.90 bits per heavy atom. The summed E-state index contributed by atoms with van der Waals surface area (Å²) in [5.41, 5.74) is 12.5. The van der Waals surface area contributed by atoms with E-state index in [1.807, 2.05) is 36.3 Å². The summed E-state index contributed by atoms with van der Waals surface area (Å²) in [6, 6.07) is 8.34. The maximum Gasteiger partial charge on any atom is 0.166 e. The van der Waals surface area contributed by atoms with Crippen LogP contribution in [0.25, 0.3) is 22.6 Å². The lowest BCUT2D eigenvalue weighted by molar-refractivity contribution is 0.228. The highest BCUT2D eigenvalue weighted by molar-refractivity contribution is 5.68. The molecule has 7 heteroatoms. The van der Waals surface area contributed by atoms with Crippen LogP contribution in [0.5, 0.6) is 5.75 Å². The van der Waals surface area contributed by atoms with Crippen molar-refractivity contribution in [3.05, 3.63) is 65.7 Å². The largest absolute Gasteiger partial charge is 0.482 e. The maximum atomic E-state index is 6.34. The van der Waals surface area contributed by atoms with Crippen molar-refractivity contribution in [2.24, 2.45) is 0 Å². The number of benzene rings is 1. The van der Waals surface area contributed by atoms with Gasteiger partial charge in [0.15, 0.2) is 11.6 Å². The van der Waals surface area contributed by atoms with Gasteiger partial charge in [-0.15, -0.1) is 0 Å². The van der Waals surface area contributed by atoms with Gasteiger partial charge in [-0.1, -0.05) is 23.8 Å². The van der Waals surface area contributed by atoms with E-state index >= 15 is 0 Å². The van der Waals surface area contributed by atoms with Crippen LogP contribution in [0.3, 0.4) is 0 Å². The Hall–Kier alpha value is -3.61. The van der Waals surface area contributed by atoms with Gasteiger partial charge in [0.2, 0.25) is 0 Å². The summed E-state index contributed by atoms with van der Waals surface area (Å²) < 4.78 is 10.5. The highest BCUT2D eigenvalue weighted by Gasteiger charge is 2.22. The molecule has 1 aliphatic rings. The molecule has 5 rings (SSSR count). The summed E-state index contributed by atoms with van der Waals surface area (Å²) >= 11 is 0. The van der Waals surface area contributed by atoms with E-state index in [-0.39, 0.29) is 6.10 Å². The number of hydrogen-bond acceptors (Lipinski definition) is 5. The number of fused-ring (bicyclic) bond motifs is 7. The molecule has 30 heavy (non-hydrogen) atoms. The van der Waals surface area contributed by atoms with Crippen molar-refractivity contribution in [2.75, 3.05) is 5.73 Å². The van der Waals surface area contributed by atoms with E-state index in [0.717, 1.165) is 40.3 Å². The van der Waals surface area contributed by atoms with E-state index in [4.69, 9.17) is 10.5 Å². The molecule has 0 fully saturated rings. The van der Waals surface area contributed by atoms with E-state index < -0.39 is 0 Å². The smallest absolute Gasteiger partial charge is 0.166 e. The van der Waals surface area contributed by atoms with Crippen LogP contribution in [0.2, 0.25) is 0 Å². The molecule has 1 atom stereocenters. The molecule has 3 aromatic heterocycles. The number of rotatable bonds is 1. The van der Waals surface area contributed by atoms with E-state index in [0.29, 0.717) is 18.1 Å². The first-order valence-corrected chi connectivity index (χ1v) is 10.1. The number of imidazole rings is 1. The molecule has 7 nitrogen and oxygen atoms in total. The fourth-order valence-corrected chi connectivity index (χ4v) is 4.13. The SMILES string of the molecule is CCn1ncc2c1-c1cnc(N)c(c1)O[C@@H](C)c1cc(C)ccc1-c1nccn1C2. The van der Waals surface area contributed by atoms with Crippen molar-refractivity contribution in [1.82, 2.24) is 24.3 Å². The monoisotopic (exact) mass is 400 g/mol. The molecule has 0 saturated heterocycles. The third-order valence-electron chi connectivity index (χ3n) is 5.62. The number of nitrogens with zero attached hydrogens (tertiary/aromatic N) is 5. The quantitative estimate of drug-likeness (QED) is 0.517. The van der Waals surface area contributed by atoms with Gasteiger partial charge in [-0.05, 0) is 26.8 Å². The minimum absolute atomic E-state index is 0.223. The molecule has 0 aliphatic carbocycles. The molecule has 2 N–H and O–H groups in total. The number of pyridine rings is 1. The lowest BCUT2D eigenvalue weighted by Crippen LogP contribution is -2.11. The zero-order valence-electron chi connectivity index (χ0n) is 17.3. The number of nitrogen functional groups attached to an aromatic ring is 1. The Balaban J connectivity index is 1.79. The minimum atomic E-state index is -0.223. The average molecular weight is 400 g/mol. The van der Waals surface area contributed by atoms with Crippen LogP contribution in [0.15, 0.2) is 49.1 Å². The Kier molecular flexibility index (Phi) is 4.31. The Labute approximate surface area is 175 Å². The van der Waals surface area contributed by atoms with E-state index in [1.54, 1.807) is 6.20 Å². The van der Waals surface area contributed by atoms with Crippen LogP contribution in [0.4, 0.5) is 5.82 Å². The molecule has 152 valence electrons. The van der Waals surface area contributed by atoms with Crippen molar-refractivity contribution >= 4 is 5.82 Å². The summed E-state index contributed by atoms with van der Waals surface area (Å²) in [6.45, 7) is 7.61. The zero-order chi connectivity index (χ0) is 20.8. The standard InChI is InChI=1S/C23H24N6O/c1-4-29-21-16-10-20(22(24)26-11-16)30-15(3)19-9-14(2)5-6-18(19)23-25-7-8-28(23)13-17(21)12-27-29/h5-12,15H,4,13H2,1-3H3,(H2,24,26)/t15-/m0/s1. The third-order valence-corrected chi connectivity index (χ3v) is 5.62. The lowest BCUT2D eigenvalue weighted by atomic mass is 9.99. The highest BCUT2D eigenvalue weighted by Crippen LogP contribution is 2.36. The highest BCUT2D eigenvalue weighted by atomic mass is 16.5. The van der Waals surface area contributed by atoms with Crippen LogP contribution in [-0.4, -0.2) is 24.3 Å². The van der Waals surface area contributed by atoms with E-state index in [9.17, 15) is 0 Å². The maximum absolute atomic E-state index is 6.34. The van der Waals surface area contributed by atoms with Crippen LogP contribution >= 0.6 is 0 Å². The number of aryl methyl sites for hydroxylation is 2. The molecule has 1 aliphatic heterocycles. The van der Waals surface area contributed by atoms with Gasteiger partial charge >= 0.3 is 0 Å². The molecule has 1 aromatic carbocycles. The Bertz CT molecular complexity index is 1240. The van der Waals surface area contributed by atoms with Crippen molar-refractivity contribution in [1.29, 1.82) is 0 Å². The first-order chi connectivity index (χ1) is 14.5. The van der Waals surface area contributed by atoms with E-state index in [2.05, 4.69) is 51.7 Å². The number of nitrogens with two attached hydrogens (primary N) is 1. The first kappa shape index (κ1) is 18.4. The Morgan fingerprint density at radius 2 is 2.07 bits per heavy atom. The molecular weight excluding hydrogens is 376 g/mol. The number of hydrogen-bond donors (Lipinski definition) is 1. The van der Waals surface area contributed by atoms with Crippen LogP contribution < -0.4 is 10.5 Å². The van der Waals surface area contributed by atoms with Gasteiger partial charge in [-0.25, -0.2) is 9.97 Å². The lowest BCUT2D eigenvalue weighted by Gasteiger charge is -2.22. The second-order valence-corrected chi connectivity index (χ2v) is 7.67. The predicted molar refractivity (Wildman–Crippen MR) is 116 cm³/mol. The van der Waals surface area contributed by atoms with Crippen molar-refractivity contribution in [3.63, 3.8) is 0 Å². The van der Waals surface area contributed by atoms with Gasteiger partial charge < -0.3 is 15.0 Å². The van der Waals surface area contributed by atoms with Crippen molar-refractivity contribution < 1.29 is 4.74 Å². The normalized spacial score (nSPS) is 15.2. The fraction of sp³-hybridized carbons (Fsp3) is 0.261. The van der Waals surface area contributed by atoms with Crippen LogP contribution in [0.1, 0.15) is 36.6 Å². The second-order valence-electron chi connectivity index (χ2n) is 7.67. The van der Waals surface area contributed by atoms with Crippen LogP contribution in [0, 0.1) is 6.92 Å². The van der Waals surface area contributed by atoms with Gasteiger partial charge in [0, 0.05) is 47.4 Å². The van der Waals surface area contributed by atoms with Gasteiger partial charge in [-0.2, -0.15) is 5.10 Å². The summed E-state index contributed by atoms with van der Waals surface area (Å²) in [7, 11) is 0. The molecule has 2 bridgehead atoms. The van der Waals surface area contributed by atoms with Crippen molar-refractivity contribution in [3.8, 4) is 28.4 Å². The molecule has 0 spiro atoms. The molecule has 4 aromatic rings. The minimum Gasteiger partial charge on any atom is -0.482 e. The summed E-state index contributed by atoms with van der Waals surface area (Å²) in [5, 5.41) is 4.59. The van der Waals surface area contributed by atoms with Gasteiger partial charge in [0.1, 0.15) is 11.9 Å². The number of ether oxygens (including phenoxy) is 1. The summed E-state index contributed by atoms with van der Waals surface area (Å²) in [4.78, 5) is 9.10. The predicted octanol–water partition coefficient (Wildman–Crippen LogP) is 4.22. The summed E-state index contributed by atoms with van der Waals surface area (Å²) in [6.07, 6.45) is 7.34. The molecule has 4 heterocycles. The average Bonchev–Trinajstić information content (AvgIpc) is 3.36. The molecule has 0 unspecified atom stereocenters. The van der Waals surface area contributed by atoms with Crippen LogP contribution in [-0.2, 0) is 13.1 Å². The van der Waals surface area contributed by atoms with Gasteiger partial charge in [0.25, 0.3) is 0 Å². The number of aromatic nitrogens is 5.